The fourth-order valence-corrected chi connectivity index (χ4v) is 3.65. The minimum absolute atomic E-state index is 0.132. The standard InChI is InChI=1S/C23H22N4O.C2H6O/c1-4-16-7-9-17(10-8-16)21-19(13-24)22(25)28-23-20(21)15(3)26-27(23)18-11-5-14(2)6-12-18;1-2-3/h5-12,21H,4,25H2,1-3H3;3H,2H2,1H3. The molecule has 2 aromatic carbocycles. The molecule has 0 saturated carbocycles. The Morgan fingerprint density at radius 1 is 1.10 bits per heavy atom. The molecule has 0 radical (unpaired) electrons. The van der Waals surface area contributed by atoms with E-state index in [1.807, 2.05) is 38.1 Å². The van der Waals surface area contributed by atoms with Gasteiger partial charge >= 0.3 is 0 Å². The van der Waals surface area contributed by atoms with Crippen LogP contribution in [0.3, 0.4) is 0 Å². The summed E-state index contributed by atoms with van der Waals surface area (Å²) in [7, 11) is 0. The quantitative estimate of drug-likeness (QED) is 0.665. The lowest BCUT2D eigenvalue weighted by Gasteiger charge is -2.25. The molecule has 31 heavy (non-hydrogen) atoms. The van der Waals surface area contributed by atoms with Gasteiger partial charge in [0.15, 0.2) is 0 Å². The van der Waals surface area contributed by atoms with Crippen molar-refractivity contribution in [1.29, 1.82) is 5.26 Å². The Bertz CT molecular complexity index is 1120. The molecule has 6 heteroatoms. The number of benzene rings is 2. The number of nitrogens with two attached hydrogens (primary N) is 1. The predicted octanol–water partition coefficient (Wildman–Crippen LogP) is 4.27. The van der Waals surface area contributed by atoms with Gasteiger partial charge in [-0.3, -0.25) is 0 Å². The Kier molecular flexibility index (Phi) is 6.78. The molecule has 0 amide bonds. The van der Waals surface area contributed by atoms with Crippen molar-refractivity contribution in [3.05, 3.63) is 87.9 Å². The molecule has 1 aliphatic rings. The molecule has 1 aromatic heterocycles. The van der Waals surface area contributed by atoms with E-state index in [1.165, 1.54) is 11.1 Å². The molecule has 0 fully saturated rings. The third-order valence-corrected chi connectivity index (χ3v) is 5.23. The fourth-order valence-electron chi connectivity index (χ4n) is 3.65. The van der Waals surface area contributed by atoms with E-state index in [0.717, 1.165) is 28.9 Å². The highest BCUT2D eigenvalue weighted by Crippen LogP contribution is 2.44. The number of aromatic nitrogens is 2. The van der Waals surface area contributed by atoms with Crippen molar-refractivity contribution < 1.29 is 9.84 Å². The number of fused-ring (bicyclic) bond motifs is 1. The molecule has 4 rings (SSSR count). The fraction of sp³-hybridized carbons (Fsp3) is 0.280. The third kappa shape index (κ3) is 4.32. The lowest BCUT2D eigenvalue weighted by Crippen LogP contribution is -2.22. The molecular weight excluding hydrogens is 388 g/mol. The van der Waals surface area contributed by atoms with Gasteiger partial charge in [-0.25, -0.2) is 4.68 Å². The lowest BCUT2D eigenvalue weighted by molar-refractivity contribution is 0.318. The summed E-state index contributed by atoms with van der Waals surface area (Å²) in [6.45, 7) is 8.03. The Labute approximate surface area is 183 Å². The van der Waals surface area contributed by atoms with E-state index in [9.17, 15) is 5.26 Å². The average Bonchev–Trinajstić information content (AvgIpc) is 3.09. The number of aliphatic hydroxyl groups excluding tert-OH is 1. The second-order valence-electron chi connectivity index (χ2n) is 7.39. The molecule has 0 saturated heterocycles. The van der Waals surface area contributed by atoms with Crippen LogP contribution in [-0.4, -0.2) is 21.5 Å². The number of aliphatic hydroxyl groups is 1. The van der Waals surface area contributed by atoms with Crippen molar-refractivity contribution in [1.82, 2.24) is 9.78 Å². The summed E-state index contributed by atoms with van der Waals surface area (Å²) in [6, 6.07) is 18.6. The number of nitriles is 1. The van der Waals surface area contributed by atoms with Crippen molar-refractivity contribution in [3.8, 4) is 17.6 Å². The smallest absolute Gasteiger partial charge is 0.229 e. The first kappa shape index (κ1) is 22.1. The highest BCUT2D eigenvalue weighted by atomic mass is 16.5. The number of allylic oxidation sites excluding steroid dienone is 1. The Balaban J connectivity index is 0.000000858. The number of hydrogen-bond donors (Lipinski definition) is 2. The first-order chi connectivity index (χ1) is 14.9. The number of ether oxygens (including phenoxy) is 1. The summed E-state index contributed by atoms with van der Waals surface area (Å²) >= 11 is 0. The highest BCUT2D eigenvalue weighted by molar-refractivity contribution is 5.57. The zero-order valence-corrected chi connectivity index (χ0v) is 18.4. The van der Waals surface area contributed by atoms with Crippen LogP contribution in [0.5, 0.6) is 5.88 Å². The van der Waals surface area contributed by atoms with Crippen LogP contribution in [0.25, 0.3) is 5.69 Å². The lowest BCUT2D eigenvalue weighted by atomic mass is 9.84. The van der Waals surface area contributed by atoms with E-state index in [0.29, 0.717) is 11.5 Å². The summed E-state index contributed by atoms with van der Waals surface area (Å²) in [6.07, 6.45) is 0.965. The van der Waals surface area contributed by atoms with Crippen LogP contribution in [0.1, 0.15) is 47.7 Å². The maximum Gasteiger partial charge on any atom is 0.229 e. The van der Waals surface area contributed by atoms with E-state index in [1.54, 1.807) is 11.6 Å². The van der Waals surface area contributed by atoms with Gasteiger partial charge in [0, 0.05) is 6.61 Å². The molecule has 3 aromatic rings. The van der Waals surface area contributed by atoms with Crippen LogP contribution >= 0.6 is 0 Å². The summed E-state index contributed by atoms with van der Waals surface area (Å²) in [4.78, 5) is 0. The van der Waals surface area contributed by atoms with E-state index in [4.69, 9.17) is 20.7 Å². The molecule has 3 N–H and O–H groups in total. The topological polar surface area (TPSA) is 97.1 Å². The minimum Gasteiger partial charge on any atom is -0.422 e. The largest absolute Gasteiger partial charge is 0.422 e. The Morgan fingerprint density at radius 3 is 2.26 bits per heavy atom. The predicted molar refractivity (Wildman–Crippen MR) is 121 cm³/mol. The Morgan fingerprint density at radius 2 is 1.71 bits per heavy atom. The maximum atomic E-state index is 9.77. The molecular formula is C25H28N4O2. The molecule has 2 heterocycles. The van der Waals surface area contributed by atoms with Gasteiger partial charge in [0.25, 0.3) is 0 Å². The van der Waals surface area contributed by atoms with E-state index >= 15 is 0 Å². The van der Waals surface area contributed by atoms with E-state index in [-0.39, 0.29) is 18.4 Å². The molecule has 1 aliphatic heterocycles. The third-order valence-electron chi connectivity index (χ3n) is 5.23. The van der Waals surface area contributed by atoms with Gasteiger partial charge in [0.1, 0.15) is 11.6 Å². The minimum atomic E-state index is -0.293. The molecule has 1 atom stereocenters. The second-order valence-corrected chi connectivity index (χ2v) is 7.39. The highest BCUT2D eigenvalue weighted by Gasteiger charge is 2.36. The number of nitrogens with zero attached hydrogens (tertiary/aromatic N) is 3. The summed E-state index contributed by atoms with van der Waals surface area (Å²) in [5, 5.41) is 22.0. The first-order valence-electron chi connectivity index (χ1n) is 10.4. The van der Waals surface area contributed by atoms with Gasteiger partial charge < -0.3 is 15.6 Å². The first-order valence-corrected chi connectivity index (χ1v) is 10.4. The average molecular weight is 417 g/mol. The summed E-state index contributed by atoms with van der Waals surface area (Å²) in [5.41, 5.74) is 12.6. The number of rotatable bonds is 3. The molecule has 0 aliphatic carbocycles. The monoisotopic (exact) mass is 416 g/mol. The van der Waals surface area contributed by atoms with Crippen molar-refractivity contribution >= 4 is 0 Å². The Hall–Kier alpha value is -3.56. The van der Waals surface area contributed by atoms with Crippen molar-refractivity contribution in [2.75, 3.05) is 6.61 Å². The van der Waals surface area contributed by atoms with Crippen LogP contribution in [0.4, 0.5) is 0 Å². The normalized spacial score (nSPS) is 14.8. The molecule has 1 unspecified atom stereocenters. The molecule has 6 nitrogen and oxygen atoms in total. The van der Waals surface area contributed by atoms with Crippen molar-refractivity contribution in [2.24, 2.45) is 5.73 Å². The summed E-state index contributed by atoms with van der Waals surface area (Å²) < 4.78 is 7.67. The number of aryl methyl sites for hydroxylation is 3. The van der Waals surface area contributed by atoms with Crippen molar-refractivity contribution in [3.63, 3.8) is 0 Å². The van der Waals surface area contributed by atoms with Crippen LogP contribution in [-0.2, 0) is 6.42 Å². The molecule has 160 valence electrons. The summed E-state index contributed by atoms with van der Waals surface area (Å²) in [5.74, 6) is 0.411. The SMILES string of the molecule is CCO.CCc1ccc(C2C(C#N)=C(N)Oc3c2c(C)nn3-c2ccc(C)cc2)cc1. The van der Waals surface area contributed by atoms with Gasteiger partial charge in [-0.15, -0.1) is 0 Å². The van der Waals surface area contributed by atoms with Gasteiger partial charge in [0.2, 0.25) is 11.8 Å². The molecule has 0 spiro atoms. The maximum absolute atomic E-state index is 9.77. The zero-order chi connectivity index (χ0) is 22.5. The van der Waals surface area contributed by atoms with Crippen LogP contribution in [0.2, 0.25) is 0 Å². The molecule has 0 bridgehead atoms. The van der Waals surface area contributed by atoms with Crippen LogP contribution < -0.4 is 10.5 Å². The van der Waals surface area contributed by atoms with Crippen molar-refractivity contribution in [2.45, 2.75) is 40.0 Å². The van der Waals surface area contributed by atoms with Crippen LogP contribution in [0, 0.1) is 25.2 Å². The van der Waals surface area contributed by atoms with Gasteiger partial charge in [-0.05, 0) is 50.5 Å². The van der Waals surface area contributed by atoms with E-state index < -0.39 is 0 Å². The van der Waals surface area contributed by atoms with E-state index in [2.05, 4.69) is 37.3 Å². The zero-order valence-electron chi connectivity index (χ0n) is 18.4. The van der Waals surface area contributed by atoms with Gasteiger partial charge in [-0.2, -0.15) is 10.4 Å². The van der Waals surface area contributed by atoms with Crippen LogP contribution in [0.15, 0.2) is 60.0 Å². The van der Waals surface area contributed by atoms with Gasteiger partial charge in [-0.1, -0.05) is 48.9 Å². The number of hydrogen-bond acceptors (Lipinski definition) is 5. The second kappa shape index (κ2) is 9.50. The van der Waals surface area contributed by atoms with Gasteiger partial charge in [0.05, 0.1) is 22.9 Å².